The van der Waals surface area contributed by atoms with Crippen LogP contribution in [-0.2, 0) is 32.0 Å². The predicted octanol–water partition coefficient (Wildman–Crippen LogP) is 3.93. The molecule has 0 aliphatic rings. The molecule has 2 rings (SSSR count). The molecule has 0 spiro atoms. The minimum atomic E-state index is -0.595. The Bertz CT molecular complexity index is 983. The molecule has 0 atom stereocenters. The lowest BCUT2D eigenvalue weighted by molar-refractivity contribution is 0.0479. The van der Waals surface area contributed by atoms with Crippen LogP contribution >= 0.6 is 0 Å². The summed E-state index contributed by atoms with van der Waals surface area (Å²) in [7, 11) is 0. The van der Waals surface area contributed by atoms with Gasteiger partial charge in [0.2, 0.25) is 0 Å². The van der Waals surface area contributed by atoms with Crippen molar-refractivity contribution in [3.05, 3.63) is 45.0 Å². The normalized spacial score (nSPS) is 10.8. The maximum Gasteiger partial charge on any atom is 0.340 e. The molecule has 0 aromatic carbocycles. The summed E-state index contributed by atoms with van der Waals surface area (Å²) in [5.41, 5.74) is 2.95. The molecule has 0 radical (unpaired) electrons. The summed E-state index contributed by atoms with van der Waals surface area (Å²) >= 11 is 0. The summed E-state index contributed by atoms with van der Waals surface area (Å²) in [6.07, 6.45) is 0. The van der Waals surface area contributed by atoms with Crippen LogP contribution in [0.2, 0.25) is 0 Å². The van der Waals surface area contributed by atoms with Crippen LogP contribution in [0.15, 0.2) is 0 Å². The van der Waals surface area contributed by atoms with Crippen molar-refractivity contribution >= 4 is 23.9 Å². The number of carbonyl (C=O) groups is 4. The zero-order valence-electron chi connectivity index (χ0n) is 22.4. The van der Waals surface area contributed by atoms with Gasteiger partial charge in [-0.25, -0.2) is 19.2 Å². The van der Waals surface area contributed by atoms with E-state index < -0.39 is 23.9 Å². The van der Waals surface area contributed by atoms with E-state index in [1.807, 2.05) is 9.13 Å². The van der Waals surface area contributed by atoms with Crippen molar-refractivity contribution in [3.63, 3.8) is 0 Å². The Balaban J connectivity index is 2.58. The Morgan fingerprint density at radius 2 is 0.667 bits per heavy atom. The molecule has 0 aliphatic carbocycles. The van der Waals surface area contributed by atoms with Crippen molar-refractivity contribution in [2.75, 3.05) is 26.4 Å². The van der Waals surface area contributed by atoms with E-state index in [4.69, 9.17) is 18.9 Å². The van der Waals surface area contributed by atoms with E-state index in [1.54, 1.807) is 55.4 Å². The molecule has 2 heterocycles. The number of nitrogens with zero attached hydrogens (tertiary/aromatic N) is 2. The number of carbonyl (C=O) groups excluding carboxylic acids is 4. The third-order valence-corrected chi connectivity index (χ3v) is 6.03. The number of aromatic nitrogens is 2. The standard InChI is InChI=1S/C26H36N2O8/c1-9-33-23(29)19-15(5)27(16(6)20(19)24(30)34-10-2)13-14-28-17(7)21(25(31)35-11-3)22(18(28)8)26(32)36-12-4/h9-14H2,1-8H3. The van der Waals surface area contributed by atoms with Gasteiger partial charge in [0.05, 0.1) is 48.7 Å². The van der Waals surface area contributed by atoms with Crippen molar-refractivity contribution in [2.45, 2.75) is 68.5 Å². The van der Waals surface area contributed by atoms with Crippen LogP contribution in [0.4, 0.5) is 0 Å². The first kappa shape index (κ1) is 28.7. The van der Waals surface area contributed by atoms with Crippen LogP contribution in [0.3, 0.4) is 0 Å². The first-order chi connectivity index (χ1) is 17.1. The van der Waals surface area contributed by atoms with E-state index in [-0.39, 0.29) is 48.7 Å². The molecule has 2 aromatic heterocycles. The molecule has 0 saturated carbocycles. The van der Waals surface area contributed by atoms with Crippen LogP contribution in [0.5, 0.6) is 0 Å². The Morgan fingerprint density at radius 3 is 0.833 bits per heavy atom. The fourth-order valence-corrected chi connectivity index (χ4v) is 4.45. The van der Waals surface area contributed by atoms with Crippen LogP contribution in [0.25, 0.3) is 0 Å². The summed E-state index contributed by atoms with van der Waals surface area (Å²) in [5.74, 6) is -2.38. The van der Waals surface area contributed by atoms with Crippen molar-refractivity contribution in [3.8, 4) is 0 Å². The highest BCUT2D eigenvalue weighted by Gasteiger charge is 2.31. The van der Waals surface area contributed by atoms with Gasteiger partial charge < -0.3 is 28.1 Å². The Kier molecular flexibility index (Phi) is 9.89. The summed E-state index contributed by atoms with van der Waals surface area (Å²) in [6.45, 7) is 15.1. The van der Waals surface area contributed by atoms with Gasteiger partial charge in [-0.2, -0.15) is 0 Å². The molecule has 198 valence electrons. The number of ether oxygens (including phenoxy) is 4. The maximum atomic E-state index is 12.7. The minimum Gasteiger partial charge on any atom is -0.462 e. The van der Waals surface area contributed by atoms with Gasteiger partial charge in [0.1, 0.15) is 0 Å². The smallest absolute Gasteiger partial charge is 0.340 e. The van der Waals surface area contributed by atoms with Gasteiger partial charge in [-0.3, -0.25) is 0 Å². The molecule has 0 N–H and O–H groups in total. The van der Waals surface area contributed by atoms with Gasteiger partial charge in [-0.15, -0.1) is 0 Å². The van der Waals surface area contributed by atoms with Crippen LogP contribution < -0.4 is 0 Å². The third kappa shape index (κ3) is 5.47. The average Bonchev–Trinajstić information content (AvgIpc) is 3.22. The molecule has 0 fully saturated rings. The lowest BCUT2D eigenvalue weighted by Crippen LogP contribution is -2.14. The molecule has 0 saturated heterocycles. The zero-order valence-corrected chi connectivity index (χ0v) is 22.4. The second kappa shape index (κ2) is 12.4. The quantitative estimate of drug-likeness (QED) is 0.334. The molecule has 10 nitrogen and oxygen atoms in total. The zero-order chi connectivity index (χ0) is 27.2. The lowest BCUT2D eigenvalue weighted by Gasteiger charge is -2.14. The SMILES string of the molecule is CCOC(=O)c1c(C(=O)OCC)c(C)n(CCn2c(C)c(C(=O)OCC)c(C(=O)OCC)c2C)c1C. The maximum absolute atomic E-state index is 12.7. The van der Waals surface area contributed by atoms with Crippen molar-refractivity contribution in [1.29, 1.82) is 0 Å². The second-order valence-electron chi connectivity index (χ2n) is 8.03. The summed E-state index contributed by atoms with van der Waals surface area (Å²) in [4.78, 5) is 50.9. The molecular formula is C26H36N2O8. The number of esters is 4. The lowest BCUT2D eigenvalue weighted by atomic mass is 10.1. The van der Waals surface area contributed by atoms with Gasteiger partial charge in [-0.1, -0.05) is 0 Å². The molecule has 10 heteroatoms. The molecule has 0 bridgehead atoms. The number of rotatable bonds is 11. The fraction of sp³-hybridized carbons (Fsp3) is 0.538. The number of hydrogen-bond acceptors (Lipinski definition) is 8. The van der Waals surface area contributed by atoms with Crippen molar-refractivity contribution in [2.24, 2.45) is 0 Å². The second-order valence-corrected chi connectivity index (χ2v) is 8.03. The first-order valence-corrected chi connectivity index (χ1v) is 12.1. The highest BCUT2D eigenvalue weighted by atomic mass is 16.5. The fourth-order valence-electron chi connectivity index (χ4n) is 4.45. The van der Waals surface area contributed by atoms with Gasteiger partial charge >= 0.3 is 23.9 Å². The Morgan fingerprint density at radius 1 is 0.472 bits per heavy atom. The topological polar surface area (TPSA) is 115 Å². The van der Waals surface area contributed by atoms with Crippen LogP contribution in [0.1, 0.15) is 91.9 Å². The monoisotopic (exact) mass is 504 g/mol. The summed E-state index contributed by atoms with van der Waals surface area (Å²) in [6, 6.07) is 0. The summed E-state index contributed by atoms with van der Waals surface area (Å²) in [5, 5.41) is 0. The van der Waals surface area contributed by atoms with Gasteiger partial charge in [0.25, 0.3) is 0 Å². The molecule has 0 unspecified atom stereocenters. The van der Waals surface area contributed by atoms with E-state index in [2.05, 4.69) is 0 Å². The molecular weight excluding hydrogens is 468 g/mol. The van der Waals surface area contributed by atoms with Gasteiger partial charge in [-0.05, 0) is 55.4 Å². The van der Waals surface area contributed by atoms with E-state index in [0.29, 0.717) is 35.9 Å². The predicted molar refractivity (Wildman–Crippen MR) is 132 cm³/mol. The van der Waals surface area contributed by atoms with Gasteiger partial charge in [0, 0.05) is 35.9 Å². The molecule has 0 amide bonds. The third-order valence-electron chi connectivity index (χ3n) is 6.03. The van der Waals surface area contributed by atoms with E-state index in [0.717, 1.165) is 0 Å². The Labute approximate surface area is 211 Å². The summed E-state index contributed by atoms with van der Waals surface area (Å²) < 4.78 is 24.5. The van der Waals surface area contributed by atoms with Crippen LogP contribution in [0, 0.1) is 27.7 Å². The molecule has 2 aromatic rings. The van der Waals surface area contributed by atoms with E-state index in [1.165, 1.54) is 0 Å². The Hall–Kier alpha value is -3.56. The molecule has 36 heavy (non-hydrogen) atoms. The van der Waals surface area contributed by atoms with Crippen molar-refractivity contribution < 1.29 is 38.1 Å². The highest BCUT2D eigenvalue weighted by molar-refractivity contribution is 6.06. The first-order valence-electron chi connectivity index (χ1n) is 12.1. The van der Waals surface area contributed by atoms with Crippen LogP contribution in [-0.4, -0.2) is 59.4 Å². The van der Waals surface area contributed by atoms with E-state index in [9.17, 15) is 19.2 Å². The average molecular weight is 505 g/mol. The highest BCUT2D eigenvalue weighted by Crippen LogP contribution is 2.27. The van der Waals surface area contributed by atoms with E-state index >= 15 is 0 Å². The largest absolute Gasteiger partial charge is 0.462 e. The minimum absolute atomic E-state index is 0.166. The molecule has 0 aliphatic heterocycles. The van der Waals surface area contributed by atoms with Gasteiger partial charge in [0.15, 0.2) is 0 Å². The number of hydrogen-bond donors (Lipinski definition) is 0. The van der Waals surface area contributed by atoms with Crippen molar-refractivity contribution in [1.82, 2.24) is 9.13 Å².